The molecule has 178 valence electrons. The molecular formula is C26H28N2O5S. The van der Waals surface area contributed by atoms with Crippen LogP contribution in [0, 0.1) is 0 Å². The Morgan fingerprint density at radius 3 is 2.38 bits per heavy atom. The Bertz CT molecular complexity index is 1140. The van der Waals surface area contributed by atoms with Crippen molar-refractivity contribution in [2.45, 2.75) is 26.5 Å². The summed E-state index contributed by atoms with van der Waals surface area (Å²) in [6, 6.07) is 15.9. The highest BCUT2D eigenvalue weighted by atomic mass is 32.1. The van der Waals surface area contributed by atoms with Crippen molar-refractivity contribution in [1.29, 1.82) is 0 Å². The summed E-state index contributed by atoms with van der Waals surface area (Å²) < 4.78 is 16.3. The number of hydrogen-bond acceptors (Lipinski definition) is 6. The van der Waals surface area contributed by atoms with Gasteiger partial charge in [0.1, 0.15) is 11.4 Å². The minimum atomic E-state index is -0.406. The quantitative estimate of drug-likeness (QED) is 0.413. The molecule has 34 heavy (non-hydrogen) atoms. The monoisotopic (exact) mass is 480 g/mol. The zero-order valence-electron chi connectivity index (χ0n) is 19.6. The maximum atomic E-state index is 13.0. The summed E-state index contributed by atoms with van der Waals surface area (Å²) in [4.78, 5) is 26.6. The van der Waals surface area contributed by atoms with Crippen LogP contribution < -0.4 is 24.8 Å². The average molecular weight is 481 g/mol. The molecule has 2 N–H and O–H groups in total. The molecule has 0 fully saturated rings. The van der Waals surface area contributed by atoms with Gasteiger partial charge in [-0.25, -0.2) is 0 Å². The van der Waals surface area contributed by atoms with E-state index in [0.29, 0.717) is 22.8 Å². The van der Waals surface area contributed by atoms with Crippen molar-refractivity contribution in [3.05, 3.63) is 81.7 Å². The van der Waals surface area contributed by atoms with Crippen molar-refractivity contribution in [1.82, 2.24) is 10.6 Å². The fraction of sp³-hybridized carbons (Fsp3) is 0.231. The van der Waals surface area contributed by atoms with E-state index in [1.807, 2.05) is 49.6 Å². The van der Waals surface area contributed by atoms with Gasteiger partial charge in [0.05, 0.1) is 20.3 Å². The largest absolute Gasteiger partial charge is 0.497 e. The highest BCUT2D eigenvalue weighted by molar-refractivity contribution is 7.10. The van der Waals surface area contributed by atoms with Crippen LogP contribution in [0.5, 0.6) is 17.2 Å². The normalized spacial score (nSPS) is 11.1. The molecule has 0 radical (unpaired) electrons. The van der Waals surface area contributed by atoms with Crippen molar-refractivity contribution in [3.8, 4) is 17.2 Å². The van der Waals surface area contributed by atoms with E-state index in [0.717, 1.165) is 10.4 Å². The van der Waals surface area contributed by atoms with E-state index in [1.165, 1.54) is 11.3 Å². The molecule has 1 heterocycles. The Labute approximate surface area is 203 Å². The van der Waals surface area contributed by atoms with Crippen LogP contribution >= 0.6 is 11.3 Å². The van der Waals surface area contributed by atoms with Gasteiger partial charge < -0.3 is 24.8 Å². The maximum Gasteiger partial charge on any atom is 0.268 e. The smallest absolute Gasteiger partial charge is 0.268 e. The standard InChI is InChI=1S/C26H28N2O5S/c1-17(2)33-23-12-7-18(14-24(23)32-4)16-27-26(30)22(15-21-6-5-13-34-21)28-25(29)19-8-10-20(31-3)11-9-19/h5-15,17H,16H2,1-4H3,(H,27,30)(H,28,29)/b22-15-. The summed E-state index contributed by atoms with van der Waals surface area (Å²) >= 11 is 1.47. The van der Waals surface area contributed by atoms with Gasteiger partial charge in [-0.2, -0.15) is 0 Å². The molecular weight excluding hydrogens is 452 g/mol. The summed E-state index contributed by atoms with van der Waals surface area (Å²) in [6.07, 6.45) is 1.67. The number of thiophene rings is 1. The Hall–Kier alpha value is -3.78. The lowest BCUT2D eigenvalue weighted by molar-refractivity contribution is -0.117. The molecule has 0 spiro atoms. The first kappa shape index (κ1) is 24.9. The Morgan fingerprint density at radius 1 is 1.00 bits per heavy atom. The topological polar surface area (TPSA) is 85.9 Å². The molecule has 0 atom stereocenters. The first-order chi connectivity index (χ1) is 16.4. The summed E-state index contributed by atoms with van der Waals surface area (Å²) in [5.41, 5.74) is 1.39. The number of rotatable bonds is 10. The molecule has 0 saturated heterocycles. The molecule has 1 aromatic heterocycles. The van der Waals surface area contributed by atoms with Crippen molar-refractivity contribution in [3.63, 3.8) is 0 Å². The predicted molar refractivity (Wildman–Crippen MR) is 133 cm³/mol. The van der Waals surface area contributed by atoms with Gasteiger partial charge in [0.15, 0.2) is 11.5 Å². The lowest BCUT2D eigenvalue weighted by atomic mass is 10.2. The van der Waals surface area contributed by atoms with Gasteiger partial charge >= 0.3 is 0 Å². The zero-order valence-corrected chi connectivity index (χ0v) is 20.4. The van der Waals surface area contributed by atoms with E-state index in [1.54, 1.807) is 44.6 Å². The second-order valence-electron chi connectivity index (χ2n) is 7.59. The van der Waals surface area contributed by atoms with Crippen molar-refractivity contribution >= 4 is 29.2 Å². The molecule has 2 aromatic carbocycles. The van der Waals surface area contributed by atoms with Crippen molar-refractivity contribution < 1.29 is 23.8 Å². The number of carbonyl (C=O) groups excluding carboxylic acids is 2. The molecule has 0 aliphatic rings. The van der Waals surface area contributed by atoms with Crippen LogP contribution in [0.25, 0.3) is 6.08 Å². The van der Waals surface area contributed by atoms with Crippen LogP contribution in [0.15, 0.2) is 65.7 Å². The number of nitrogens with one attached hydrogen (secondary N) is 2. The lowest BCUT2D eigenvalue weighted by Crippen LogP contribution is -2.34. The van der Waals surface area contributed by atoms with Gasteiger partial charge in [-0.15, -0.1) is 11.3 Å². The van der Waals surface area contributed by atoms with Crippen LogP contribution in [-0.2, 0) is 11.3 Å². The number of ether oxygens (including phenoxy) is 3. The number of methoxy groups -OCH3 is 2. The molecule has 0 aliphatic carbocycles. The SMILES string of the molecule is COc1ccc(C(=O)N/C(=C\c2cccs2)C(=O)NCc2ccc(OC(C)C)c(OC)c2)cc1. The molecule has 3 rings (SSSR count). The molecule has 8 heteroatoms. The van der Waals surface area contributed by atoms with Crippen LogP contribution in [0.4, 0.5) is 0 Å². The van der Waals surface area contributed by atoms with E-state index >= 15 is 0 Å². The van der Waals surface area contributed by atoms with Gasteiger partial charge in [-0.3, -0.25) is 9.59 Å². The molecule has 0 bridgehead atoms. The highest BCUT2D eigenvalue weighted by Gasteiger charge is 2.16. The van der Waals surface area contributed by atoms with Gasteiger partial charge in [-0.05, 0) is 73.3 Å². The van der Waals surface area contributed by atoms with Crippen LogP contribution in [0.3, 0.4) is 0 Å². The molecule has 0 aliphatic heterocycles. The van der Waals surface area contributed by atoms with Gasteiger partial charge in [0.25, 0.3) is 11.8 Å². The fourth-order valence-corrected chi connectivity index (χ4v) is 3.72. The Morgan fingerprint density at radius 2 is 1.76 bits per heavy atom. The summed E-state index contributed by atoms with van der Waals surface area (Å²) in [6.45, 7) is 4.13. The third-order valence-corrected chi connectivity index (χ3v) is 5.54. The maximum absolute atomic E-state index is 13.0. The lowest BCUT2D eigenvalue weighted by Gasteiger charge is -2.15. The van der Waals surface area contributed by atoms with E-state index in [9.17, 15) is 9.59 Å². The minimum absolute atomic E-state index is 0.0127. The Balaban J connectivity index is 1.74. The first-order valence-electron chi connectivity index (χ1n) is 10.7. The molecule has 2 amide bonds. The third-order valence-electron chi connectivity index (χ3n) is 4.72. The minimum Gasteiger partial charge on any atom is -0.497 e. The van der Waals surface area contributed by atoms with Gasteiger partial charge in [-0.1, -0.05) is 12.1 Å². The van der Waals surface area contributed by atoms with Gasteiger partial charge in [0, 0.05) is 17.0 Å². The number of amides is 2. The van der Waals surface area contributed by atoms with Crippen LogP contribution in [0.2, 0.25) is 0 Å². The van der Waals surface area contributed by atoms with E-state index in [-0.39, 0.29) is 18.3 Å². The average Bonchev–Trinajstić information content (AvgIpc) is 3.35. The number of hydrogen-bond donors (Lipinski definition) is 2. The van der Waals surface area contributed by atoms with E-state index in [2.05, 4.69) is 10.6 Å². The highest BCUT2D eigenvalue weighted by Crippen LogP contribution is 2.29. The zero-order chi connectivity index (χ0) is 24.5. The van der Waals surface area contributed by atoms with Gasteiger partial charge in [0.2, 0.25) is 0 Å². The first-order valence-corrected chi connectivity index (χ1v) is 11.6. The second kappa shape index (κ2) is 11.9. The van der Waals surface area contributed by atoms with E-state index in [4.69, 9.17) is 14.2 Å². The van der Waals surface area contributed by atoms with Crippen molar-refractivity contribution in [2.75, 3.05) is 14.2 Å². The van der Waals surface area contributed by atoms with Crippen molar-refractivity contribution in [2.24, 2.45) is 0 Å². The molecule has 0 saturated carbocycles. The molecule has 7 nitrogen and oxygen atoms in total. The molecule has 3 aromatic rings. The number of carbonyl (C=O) groups is 2. The second-order valence-corrected chi connectivity index (χ2v) is 8.57. The Kier molecular flexibility index (Phi) is 8.70. The summed E-state index contributed by atoms with van der Waals surface area (Å²) in [5.74, 6) is 1.07. The fourth-order valence-electron chi connectivity index (χ4n) is 3.06. The number of benzene rings is 2. The molecule has 0 unspecified atom stereocenters. The third kappa shape index (κ3) is 6.86. The van der Waals surface area contributed by atoms with E-state index < -0.39 is 11.8 Å². The predicted octanol–water partition coefficient (Wildman–Crippen LogP) is 4.64. The van der Waals surface area contributed by atoms with Crippen LogP contribution in [-0.4, -0.2) is 32.1 Å². The summed E-state index contributed by atoms with van der Waals surface area (Å²) in [5, 5.41) is 7.50. The summed E-state index contributed by atoms with van der Waals surface area (Å²) in [7, 11) is 3.13. The van der Waals surface area contributed by atoms with Crippen LogP contribution in [0.1, 0.15) is 34.6 Å².